The summed E-state index contributed by atoms with van der Waals surface area (Å²) in [4.78, 5) is 7.89. The zero-order chi connectivity index (χ0) is 12.5. The van der Waals surface area contributed by atoms with Gasteiger partial charge in [-0.3, -0.25) is 0 Å². The van der Waals surface area contributed by atoms with Crippen LogP contribution in [0.3, 0.4) is 0 Å². The Morgan fingerprint density at radius 2 is 1.71 bits per heavy atom. The van der Waals surface area contributed by atoms with Gasteiger partial charge < -0.3 is 0 Å². The fourth-order valence-corrected chi connectivity index (χ4v) is 1.50. The number of hydrogen-bond acceptors (Lipinski definition) is 2. The van der Waals surface area contributed by atoms with E-state index in [1.165, 1.54) is 18.5 Å². The van der Waals surface area contributed by atoms with Crippen molar-refractivity contribution in [3.63, 3.8) is 0 Å². The maximum absolute atomic E-state index is 12.5. The van der Waals surface area contributed by atoms with Crippen LogP contribution in [0.2, 0.25) is 0 Å². The summed E-state index contributed by atoms with van der Waals surface area (Å²) < 4.78 is 38.2. The second kappa shape index (κ2) is 4.44. The van der Waals surface area contributed by atoms with Gasteiger partial charge in [0.2, 0.25) is 0 Å². The summed E-state index contributed by atoms with van der Waals surface area (Å²) in [5.74, 6) is 0.263. The van der Waals surface area contributed by atoms with Crippen LogP contribution in [0, 0.1) is 0 Å². The van der Waals surface area contributed by atoms with E-state index >= 15 is 0 Å². The molecule has 0 saturated heterocycles. The van der Waals surface area contributed by atoms with Crippen molar-refractivity contribution in [2.45, 2.75) is 6.18 Å². The van der Waals surface area contributed by atoms with Gasteiger partial charge in [-0.25, -0.2) is 9.97 Å². The predicted molar refractivity (Wildman–Crippen MR) is 60.2 cm³/mol. The van der Waals surface area contributed by atoms with Crippen molar-refractivity contribution < 1.29 is 13.2 Å². The van der Waals surface area contributed by atoms with Crippen molar-refractivity contribution in [2.75, 3.05) is 0 Å². The molecule has 2 nitrogen and oxygen atoms in total. The van der Waals surface area contributed by atoms with Crippen LogP contribution in [-0.2, 0) is 6.18 Å². The second-order valence-electron chi connectivity index (χ2n) is 3.30. The molecule has 0 amide bonds. The Morgan fingerprint density at radius 1 is 1.06 bits per heavy atom. The molecule has 2 rings (SSSR count). The molecule has 0 fully saturated rings. The monoisotopic (exact) mass is 302 g/mol. The molecule has 88 valence electrons. The maximum atomic E-state index is 12.5. The molecule has 6 heteroatoms. The van der Waals surface area contributed by atoms with E-state index in [0.717, 1.165) is 12.1 Å². The molecule has 0 bridgehead atoms. The van der Waals surface area contributed by atoms with E-state index in [2.05, 4.69) is 25.9 Å². The minimum absolute atomic E-state index is 0.263. The predicted octanol–water partition coefficient (Wildman–Crippen LogP) is 3.92. The van der Waals surface area contributed by atoms with Crippen LogP contribution in [-0.4, -0.2) is 9.97 Å². The van der Waals surface area contributed by atoms with Crippen LogP contribution in [0.1, 0.15) is 5.56 Å². The largest absolute Gasteiger partial charge is 0.416 e. The number of aromatic nitrogens is 2. The first kappa shape index (κ1) is 12.0. The normalized spacial score (nSPS) is 11.5. The highest BCUT2D eigenvalue weighted by Gasteiger charge is 2.30. The number of benzene rings is 1. The molecule has 0 aliphatic heterocycles. The molecular weight excluding hydrogens is 297 g/mol. The van der Waals surface area contributed by atoms with Crippen molar-refractivity contribution in [1.29, 1.82) is 0 Å². The molecule has 2 aromatic rings. The van der Waals surface area contributed by atoms with Crippen molar-refractivity contribution in [2.24, 2.45) is 0 Å². The summed E-state index contributed by atoms with van der Waals surface area (Å²) in [6, 6.07) is 4.92. The fraction of sp³-hybridized carbons (Fsp3) is 0.0909. The third kappa shape index (κ3) is 2.82. The molecule has 0 saturated carbocycles. The standard InChI is InChI=1S/C11H6BrF3N2/c12-9-5-16-10(17-6-9)7-2-1-3-8(4-7)11(13,14)15/h1-6H. The van der Waals surface area contributed by atoms with E-state index in [0.29, 0.717) is 10.0 Å². The minimum Gasteiger partial charge on any atom is -0.235 e. The molecule has 0 spiro atoms. The third-order valence-corrected chi connectivity index (χ3v) is 2.48. The van der Waals surface area contributed by atoms with Crippen molar-refractivity contribution in [3.8, 4) is 11.4 Å². The lowest BCUT2D eigenvalue weighted by atomic mass is 10.1. The van der Waals surface area contributed by atoms with Crippen LogP contribution in [0.25, 0.3) is 11.4 Å². The number of rotatable bonds is 1. The van der Waals surface area contributed by atoms with E-state index in [1.54, 1.807) is 6.07 Å². The van der Waals surface area contributed by atoms with Gasteiger partial charge >= 0.3 is 6.18 Å². The molecule has 1 aromatic carbocycles. The molecule has 0 unspecified atom stereocenters. The Bertz CT molecular complexity index is 523. The van der Waals surface area contributed by atoms with Crippen LogP contribution in [0.5, 0.6) is 0 Å². The molecular formula is C11H6BrF3N2. The number of hydrogen-bond donors (Lipinski definition) is 0. The molecule has 0 atom stereocenters. The zero-order valence-electron chi connectivity index (χ0n) is 8.37. The number of nitrogens with zero attached hydrogens (tertiary/aromatic N) is 2. The second-order valence-corrected chi connectivity index (χ2v) is 4.22. The average Bonchev–Trinajstić information content (AvgIpc) is 2.29. The van der Waals surface area contributed by atoms with Crippen molar-refractivity contribution >= 4 is 15.9 Å². The Kier molecular flexibility index (Phi) is 3.15. The first-order valence-corrected chi connectivity index (χ1v) is 5.41. The van der Waals surface area contributed by atoms with E-state index < -0.39 is 11.7 Å². The van der Waals surface area contributed by atoms with E-state index in [4.69, 9.17) is 0 Å². The lowest BCUT2D eigenvalue weighted by Gasteiger charge is -2.07. The first-order valence-electron chi connectivity index (χ1n) is 4.62. The van der Waals surface area contributed by atoms with Gasteiger partial charge in [-0.05, 0) is 28.1 Å². The fourth-order valence-electron chi connectivity index (χ4n) is 1.30. The van der Waals surface area contributed by atoms with Crippen LogP contribution < -0.4 is 0 Å². The van der Waals surface area contributed by atoms with Crippen molar-refractivity contribution in [1.82, 2.24) is 9.97 Å². The Morgan fingerprint density at radius 3 is 2.29 bits per heavy atom. The summed E-state index contributed by atoms with van der Waals surface area (Å²) in [5, 5.41) is 0. The Labute approximate surface area is 104 Å². The number of alkyl halides is 3. The molecule has 1 heterocycles. The van der Waals surface area contributed by atoms with Crippen LogP contribution >= 0.6 is 15.9 Å². The lowest BCUT2D eigenvalue weighted by Crippen LogP contribution is -2.04. The Balaban J connectivity index is 2.43. The zero-order valence-corrected chi connectivity index (χ0v) is 9.96. The van der Waals surface area contributed by atoms with Gasteiger partial charge in [0.15, 0.2) is 5.82 Å². The van der Waals surface area contributed by atoms with Gasteiger partial charge in [-0.15, -0.1) is 0 Å². The molecule has 0 N–H and O–H groups in total. The molecule has 1 aromatic heterocycles. The quantitative estimate of drug-likeness (QED) is 0.798. The molecule has 0 aliphatic carbocycles. The highest BCUT2D eigenvalue weighted by Crippen LogP contribution is 2.31. The smallest absolute Gasteiger partial charge is 0.235 e. The topological polar surface area (TPSA) is 25.8 Å². The van der Waals surface area contributed by atoms with Gasteiger partial charge in [0, 0.05) is 18.0 Å². The van der Waals surface area contributed by atoms with Gasteiger partial charge in [-0.1, -0.05) is 12.1 Å². The van der Waals surface area contributed by atoms with Crippen LogP contribution in [0.4, 0.5) is 13.2 Å². The van der Waals surface area contributed by atoms with E-state index in [9.17, 15) is 13.2 Å². The van der Waals surface area contributed by atoms with Gasteiger partial charge in [-0.2, -0.15) is 13.2 Å². The number of halogens is 4. The minimum atomic E-state index is -4.36. The maximum Gasteiger partial charge on any atom is 0.416 e. The first-order chi connectivity index (χ1) is 7.97. The SMILES string of the molecule is FC(F)(F)c1cccc(-c2ncc(Br)cn2)c1. The van der Waals surface area contributed by atoms with Gasteiger partial charge in [0.05, 0.1) is 10.0 Å². The summed E-state index contributed by atoms with van der Waals surface area (Å²) in [7, 11) is 0. The van der Waals surface area contributed by atoms with Crippen LogP contribution in [0.15, 0.2) is 41.1 Å². The highest BCUT2D eigenvalue weighted by molar-refractivity contribution is 9.10. The lowest BCUT2D eigenvalue weighted by molar-refractivity contribution is -0.137. The summed E-state index contributed by atoms with van der Waals surface area (Å²) in [6.07, 6.45) is -1.38. The Hall–Kier alpha value is -1.43. The van der Waals surface area contributed by atoms with E-state index in [-0.39, 0.29) is 5.82 Å². The summed E-state index contributed by atoms with van der Waals surface area (Å²) >= 11 is 3.16. The molecule has 0 aliphatic rings. The molecule has 0 radical (unpaired) electrons. The average molecular weight is 303 g/mol. The van der Waals surface area contributed by atoms with E-state index in [1.807, 2.05) is 0 Å². The highest BCUT2D eigenvalue weighted by atomic mass is 79.9. The third-order valence-electron chi connectivity index (χ3n) is 2.07. The summed E-state index contributed by atoms with van der Waals surface area (Å²) in [6.45, 7) is 0. The van der Waals surface area contributed by atoms with Gasteiger partial charge in [0.1, 0.15) is 0 Å². The summed E-state index contributed by atoms with van der Waals surface area (Å²) in [5.41, 5.74) is -0.367. The van der Waals surface area contributed by atoms with Gasteiger partial charge in [0.25, 0.3) is 0 Å². The van der Waals surface area contributed by atoms with Crippen molar-refractivity contribution in [3.05, 3.63) is 46.7 Å². The molecule has 17 heavy (non-hydrogen) atoms.